The number of fused-ring (bicyclic) bond motifs is 1. The lowest BCUT2D eigenvalue weighted by molar-refractivity contribution is 0.150. The molecule has 2 aliphatic rings. The molecule has 2 saturated heterocycles. The second kappa shape index (κ2) is 2.37. The Bertz CT molecular complexity index is 183. The molecule has 0 aromatic carbocycles. The van der Waals surface area contributed by atoms with Crippen LogP contribution in [0, 0.1) is 0 Å². The van der Waals surface area contributed by atoms with E-state index in [2.05, 4.69) is 12.2 Å². The van der Waals surface area contributed by atoms with Gasteiger partial charge < -0.3 is 10.1 Å². The minimum atomic E-state index is -0.150. The van der Waals surface area contributed by atoms with Crippen LogP contribution in [0.3, 0.4) is 0 Å². The van der Waals surface area contributed by atoms with Crippen LogP contribution in [0.5, 0.6) is 0 Å². The molecule has 11 heavy (non-hydrogen) atoms. The lowest BCUT2D eigenvalue weighted by atomic mass is 10.1. The minimum Gasteiger partial charge on any atom is -0.447 e. The van der Waals surface area contributed by atoms with E-state index in [4.69, 9.17) is 4.74 Å². The van der Waals surface area contributed by atoms with Gasteiger partial charge in [-0.3, -0.25) is 4.90 Å². The summed E-state index contributed by atoms with van der Waals surface area (Å²) in [7, 11) is 0. The lowest BCUT2D eigenvalue weighted by Crippen LogP contribution is -2.54. The van der Waals surface area contributed by atoms with Crippen LogP contribution in [0.2, 0.25) is 0 Å². The van der Waals surface area contributed by atoms with Gasteiger partial charge in [0, 0.05) is 19.1 Å². The predicted molar refractivity (Wildman–Crippen MR) is 39.3 cm³/mol. The first-order valence-electron chi connectivity index (χ1n) is 3.94. The summed E-state index contributed by atoms with van der Waals surface area (Å²) in [6.45, 7) is 4.27. The Kier molecular flexibility index (Phi) is 1.49. The van der Waals surface area contributed by atoms with Gasteiger partial charge in [-0.1, -0.05) is 0 Å². The summed E-state index contributed by atoms with van der Waals surface area (Å²) in [6, 6.07) is 0.676. The Labute approximate surface area is 65.5 Å². The van der Waals surface area contributed by atoms with Gasteiger partial charge in [0.2, 0.25) is 0 Å². The smallest absolute Gasteiger partial charge is 0.410 e. The number of amides is 1. The molecule has 2 heterocycles. The van der Waals surface area contributed by atoms with Crippen LogP contribution in [-0.4, -0.2) is 42.8 Å². The fraction of sp³-hybridized carbons (Fsp3) is 0.857. The second-order valence-electron chi connectivity index (χ2n) is 3.19. The van der Waals surface area contributed by atoms with E-state index in [0.717, 1.165) is 13.1 Å². The van der Waals surface area contributed by atoms with Crippen LogP contribution in [0.15, 0.2) is 0 Å². The van der Waals surface area contributed by atoms with E-state index in [1.54, 1.807) is 4.90 Å². The summed E-state index contributed by atoms with van der Waals surface area (Å²) in [5.74, 6) is 0. The number of nitrogens with zero attached hydrogens (tertiary/aromatic N) is 1. The third-order valence-corrected chi connectivity index (χ3v) is 2.25. The highest BCUT2D eigenvalue weighted by Gasteiger charge is 2.36. The number of nitrogens with one attached hydrogen (secondary N) is 1. The van der Waals surface area contributed by atoms with Crippen molar-refractivity contribution >= 4 is 6.09 Å². The van der Waals surface area contributed by atoms with E-state index < -0.39 is 0 Å². The zero-order valence-electron chi connectivity index (χ0n) is 6.54. The molecule has 0 unspecified atom stereocenters. The number of piperazine rings is 1. The van der Waals surface area contributed by atoms with Crippen molar-refractivity contribution in [2.45, 2.75) is 19.0 Å². The van der Waals surface area contributed by atoms with Gasteiger partial charge in [0.05, 0.1) is 6.04 Å². The summed E-state index contributed by atoms with van der Waals surface area (Å²) >= 11 is 0. The van der Waals surface area contributed by atoms with Gasteiger partial charge in [0.25, 0.3) is 0 Å². The van der Waals surface area contributed by atoms with Crippen molar-refractivity contribution < 1.29 is 9.53 Å². The van der Waals surface area contributed by atoms with Crippen LogP contribution in [0.25, 0.3) is 0 Å². The largest absolute Gasteiger partial charge is 0.447 e. The summed E-state index contributed by atoms with van der Waals surface area (Å²) in [5, 5.41) is 3.30. The topological polar surface area (TPSA) is 41.6 Å². The van der Waals surface area contributed by atoms with E-state index in [0.29, 0.717) is 12.6 Å². The Hall–Kier alpha value is -0.770. The minimum absolute atomic E-state index is 0.150. The molecule has 2 aliphatic heterocycles. The quantitative estimate of drug-likeness (QED) is 0.528. The van der Waals surface area contributed by atoms with Crippen LogP contribution in [0.1, 0.15) is 6.92 Å². The average Bonchev–Trinajstić information content (AvgIpc) is 2.33. The van der Waals surface area contributed by atoms with Gasteiger partial charge in [-0.25, -0.2) is 4.79 Å². The Morgan fingerprint density at radius 2 is 2.55 bits per heavy atom. The second-order valence-corrected chi connectivity index (χ2v) is 3.19. The molecule has 0 bridgehead atoms. The first kappa shape index (κ1) is 6.91. The molecule has 0 radical (unpaired) electrons. The van der Waals surface area contributed by atoms with Crippen LogP contribution >= 0.6 is 0 Å². The van der Waals surface area contributed by atoms with Crippen molar-refractivity contribution in [2.24, 2.45) is 0 Å². The van der Waals surface area contributed by atoms with Crippen molar-refractivity contribution in [1.82, 2.24) is 10.2 Å². The molecule has 4 nitrogen and oxygen atoms in total. The number of hydrogen-bond donors (Lipinski definition) is 1. The van der Waals surface area contributed by atoms with Gasteiger partial charge in [0.15, 0.2) is 0 Å². The molecule has 1 amide bonds. The maximum Gasteiger partial charge on any atom is 0.410 e. The molecular formula is C7H12N2O2. The molecule has 0 aromatic heterocycles. The molecule has 2 atom stereocenters. The van der Waals surface area contributed by atoms with Gasteiger partial charge in [-0.2, -0.15) is 0 Å². The normalized spacial score (nSPS) is 36.8. The predicted octanol–water partition coefficient (Wildman–Crippen LogP) is -0.201. The summed E-state index contributed by atoms with van der Waals surface area (Å²) in [6.07, 6.45) is -0.150. The monoisotopic (exact) mass is 156 g/mol. The molecule has 1 N–H and O–H groups in total. The zero-order valence-corrected chi connectivity index (χ0v) is 6.54. The lowest BCUT2D eigenvalue weighted by Gasteiger charge is -2.31. The van der Waals surface area contributed by atoms with Crippen molar-refractivity contribution in [3.05, 3.63) is 0 Å². The van der Waals surface area contributed by atoms with Gasteiger partial charge in [0.1, 0.15) is 6.61 Å². The first-order chi connectivity index (χ1) is 5.27. The maximum absolute atomic E-state index is 11.0. The van der Waals surface area contributed by atoms with Crippen molar-refractivity contribution in [3.63, 3.8) is 0 Å². The fourth-order valence-corrected chi connectivity index (χ4v) is 1.58. The number of rotatable bonds is 0. The number of ether oxygens (including phenoxy) is 1. The molecule has 0 spiro atoms. The number of cyclic esters (lactones) is 1. The van der Waals surface area contributed by atoms with E-state index in [1.807, 2.05) is 0 Å². The highest BCUT2D eigenvalue weighted by Crippen LogP contribution is 2.15. The molecule has 2 fully saturated rings. The summed E-state index contributed by atoms with van der Waals surface area (Å²) in [4.78, 5) is 12.8. The van der Waals surface area contributed by atoms with E-state index >= 15 is 0 Å². The zero-order chi connectivity index (χ0) is 7.84. The van der Waals surface area contributed by atoms with Crippen LogP contribution < -0.4 is 5.32 Å². The van der Waals surface area contributed by atoms with Crippen molar-refractivity contribution in [1.29, 1.82) is 0 Å². The third-order valence-electron chi connectivity index (χ3n) is 2.25. The summed E-state index contributed by atoms with van der Waals surface area (Å²) < 4.78 is 4.90. The highest BCUT2D eigenvalue weighted by molar-refractivity contribution is 5.70. The third kappa shape index (κ3) is 1.07. The average molecular weight is 156 g/mol. The molecule has 62 valence electrons. The fourth-order valence-electron chi connectivity index (χ4n) is 1.58. The van der Waals surface area contributed by atoms with Gasteiger partial charge in [-0.05, 0) is 6.92 Å². The maximum atomic E-state index is 11.0. The van der Waals surface area contributed by atoms with Crippen LogP contribution in [0.4, 0.5) is 4.79 Å². The van der Waals surface area contributed by atoms with Gasteiger partial charge in [-0.15, -0.1) is 0 Å². The molecule has 0 saturated carbocycles. The Balaban J connectivity index is 2.07. The molecular weight excluding hydrogens is 144 g/mol. The highest BCUT2D eigenvalue weighted by atomic mass is 16.6. The van der Waals surface area contributed by atoms with Gasteiger partial charge >= 0.3 is 6.09 Å². The SMILES string of the molecule is C[C@H]1CN2C(=O)OC[C@@H]2CN1. The first-order valence-corrected chi connectivity index (χ1v) is 3.94. The molecule has 0 aromatic rings. The van der Waals surface area contributed by atoms with Crippen molar-refractivity contribution in [3.8, 4) is 0 Å². The van der Waals surface area contributed by atoms with E-state index in [9.17, 15) is 4.79 Å². The van der Waals surface area contributed by atoms with E-state index in [-0.39, 0.29) is 12.1 Å². The van der Waals surface area contributed by atoms with Crippen LogP contribution in [-0.2, 0) is 4.74 Å². The molecule has 2 rings (SSSR count). The van der Waals surface area contributed by atoms with Crippen molar-refractivity contribution in [2.75, 3.05) is 19.7 Å². The number of hydrogen-bond acceptors (Lipinski definition) is 3. The van der Waals surface area contributed by atoms with E-state index in [1.165, 1.54) is 0 Å². The Morgan fingerprint density at radius 3 is 3.36 bits per heavy atom. The standard InChI is InChI=1S/C7H12N2O2/c1-5-3-9-6(2-8-5)4-11-7(9)10/h5-6,8H,2-4H2,1H3/t5-,6-/m0/s1. The Morgan fingerprint density at radius 1 is 1.73 bits per heavy atom. The molecule has 0 aliphatic carbocycles. The summed E-state index contributed by atoms with van der Waals surface area (Å²) in [5.41, 5.74) is 0. The molecule has 4 heteroatoms. The number of carbonyl (C=O) groups excluding carboxylic acids is 1. The number of carbonyl (C=O) groups is 1.